The van der Waals surface area contributed by atoms with E-state index >= 15 is 0 Å². The Bertz CT molecular complexity index is 474. The summed E-state index contributed by atoms with van der Waals surface area (Å²) < 4.78 is 5.59. The topological polar surface area (TPSA) is 37.5 Å². The average Bonchev–Trinajstić information content (AvgIpc) is 2.93. The van der Waals surface area contributed by atoms with Crippen LogP contribution in [-0.2, 0) is 0 Å². The molecule has 2 heterocycles. The molecule has 1 aliphatic rings. The van der Waals surface area contributed by atoms with Gasteiger partial charge >= 0.3 is 0 Å². The lowest BCUT2D eigenvalue weighted by atomic mass is 9.96. The molecule has 0 spiro atoms. The summed E-state index contributed by atoms with van der Waals surface area (Å²) in [5, 5.41) is 4.69. The second-order valence-corrected chi connectivity index (χ2v) is 6.34. The fourth-order valence-corrected chi connectivity index (χ4v) is 3.93. The van der Waals surface area contributed by atoms with E-state index in [0.717, 1.165) is 35.3 Å². The maximum absolute atomic E-state index is 5.59. The van der Waals surface area contributed by atoms with E-state index in [1.54, 1.807) is 0 Å². The summed E-state index contributed by atoms with van der Waals surface area (Å²) in [5.41, 5.74) is 1.43. The van der Waals surface area contributed by atoms with Crippen LogP contribution in [0.5, 0.6) is 0 Å². The number of hydrogen-bond acceptors (Lipinski definition) is 3. The Balaban J connectivity index is 2.13. The van der Waals surface area contributed by atoms with Crippen molar-refractivity contribution in [2.45, 2.75) is 59.0 Å². The minimum absolute atomic E-state index is 0.150. The predicted molar refractivity (Wildman–Crippen MR) is 82.9 cm³/mol. The summed E-state index contributed by atoms with van der Waals surface area (Å²) in [5.74, 6) is 3.06. The number of thioether (sulfide) groups is 1. The van der Waals surface area contributed by atoms with Gasteiger partial charge in [0.25, 0.3) is 0 Å². The lowest BCUT2D eigenvalue weighted by Gasteiger charge is -2.25. The molecular formula is C15H24N2OS. The van der Waals surface area contributed by atoms with E-state index in [-0.39, 0.29) is 11.6 Å². The molecule has 1 aromatic heterocycles. The number of furan rings is 1. The number of nitrogens with zero attached hydrogens (tertiary/aromatic N) is 1. The first-order valence-corrected chi connectivity index (χ1v) is 8.04. The van der Waals surface area contributed by atoms with E-state index in [1.165, 1.54) is 5.56 Å². The van der Waals surface area contributed by atoms with Gasteiger partial charge in [-0.25, -0.2) is 0 Å². The fraction of sp³-hybridized carbons (Fsp3) is 0.667. The van der Waals surface area contributed by atoms with E-state index in [1.807, 2.05) is 25.6 Å². The molecule has 1 aliphatic heterocycles. The Labute approximate surface area is 120 Å². The number of hydrogen-bond donors (Lipinski definition) is 1. The van der Waals surface area contributed by atoms with Gasteiger partial charge in [-0.3, -0.25) is 4.99 Å². The quantitative estimate of drug-likeness (QED) is 0.897. The fourth-order valence-electron chi connectivity index (χ4n) is 2.52. The monoisotopic (exact) mass is 280 g/mol. The summed E-state index contributed by atoms with van der Waals surface area (Å²) in [6.45, 7) is 10.6. The average molecular weight is 280 g/mol. The highest BCUT2D eigenvalue weighted by Crippen LogP contribution is 2.31. The van der Waals surface area contributed by atoms with Gasteiger partial charge < -0.3 is 9.73 Å². The van der Waals surface area contributed by atoms with Crippen molar-refractivity contribution in [3.05, 3.63) is 23.2 Å². The highest BCUT2D eigenvalue weighted by atomic mass is 32.2. The highest BCUT2D eigenvalue weighted by Gasteiger charge is 2.34. The number of aliphatic imine (C=N–C) groups is 1. The molecule has 0 aliphatic carbocycles. The molecule has 19 heavy (non-hydrogen) atoms. The largest absolute Gasteiger partial charge is 0.466 e. The minimum atomic E-state index is 0.150. The Morgan fingerprint density at radius 1 is 1.42 bits per heavy atom. The second kappa shape index (κ2) is 5.61. The molecule has 1 unspecified atom stereocenters. The SMILES string of the molecule is CCC1(CC)CSC(=NC(C)c2cc(C)oc2C)N1. The lowest BCUT2D eigenvalue weighted by molar-refractivity contribution is 0.407. The van der Waals surface area contributed by atoms with Crippen molar-refractivity contribution in [3.8, 4) is 0 Å². The lowest BCUT2D eigenvalue weighted by Crippen LogP contribution is -2.42. The van der Waals surface area contributed by atoms with Crippen molar-refractivity contribution < 1.29 is 4.42 Å². The van der Waals surface area contributed by atoms with Crippen LogP contribution in [0.15, 0.2) is 15.5 Å². The van der Waals surface area contributed by atoms with Gasteiger partial charge in [-0.1, -0.05) is 25.6 Å². The van der Waals surface area contributed by atoms with Crippen LogP contribution in [0.3, 0.4) is 0 Å². The Morgan fingerprint density at radius 2 is 2.11 bits per heavy atom. The van der Waals surface area contributed by atoms with Gasteiger partial charge in [-0.05, 0) is 39.7 Å². The molecule has 1 N–H and O–H groups in total. The van der Waals surface area contributed by atoms with Crippen LogP contribution >= 0.6 is 11.8 Å². The summed E-state index contributed by atoms with van der Waals surface area (Å²) in [6.07, 6.45) is 2.29. The molecule has 0 amide bonds. The molecule has 0 bridgehead atoms. The van der Waals surface area contributed by atoms with Gasteiger partial charge in [0.15, 0.2) is 5.17 Å². The molecule has 1 aromatic rings. The van der Waals surface area contributed by atoms with E-state index in [4.69, 9.17) is 9.41 Å². The number of nitrogens with one attached hydrogen (secondary N) is 1. The van der Waals surface area contributed by atoms with Gasteiger partial charge in [0.05, 0.1) is 6.04 Å². The number of rotatable bonds is 4. The first-order valence-electron chi connectivity index (χ1n) is 7.05. The molecule has 3 nitrogen and oxygen atoms in total. The normalized spacial score (nSPS) is 21.6. The van der Waals surface area contributed by atoms with Gasteiger partial charge in [-0.15, -0.1) is 0 Å². The molecule has 0 radical (unpaired) electrons. The zero-order valence-corrected chi connectivity index (χ0v) is 13.4. The third-order valence-electron chi connectivity index (χ3n) is 4.05. The van der Waals surface area contributed by atoms with Crippen LogP contribution < -0.4 is 5.32 Å². The summed E-state index contributed by atoms with van der Waals surface area (Å²) >= 11 is 1.84. The molecule has 4 heteroatoms. The Morgan fingerprint density at radius 3 is 2.58 bits per heavy atom. The van der Waals surface area contributed by atoms with Crippen molar-refractivity contribution in [2.75, 3.05) is 5.75 Å². The predicted octanol–water partition coefficient (Wildman–Crippen LogP) is 4.21. The van der Waals surface area contributed by atoms with Crippen LogP contribution in [0.4, 0.5) is 0 Å². The van der Waals surface area contributed by atoms with E-state index < -0.39 is 0 Å². The van der Waals surface area contributed by atoms with Gasteiger partial charge in [0.2, 0.25) is 0 Å². The highest BCUT2D eigenvalue weighted by molar-refractivity contribution is 8.14. The second-order valence-electron chi connectivity index (χ2n) is 5.38. The molecular weight excluding hydrogens is 256 g/mol. The maximum Gasteiger partial charge on any atom is 0.157 e. The Hall–Kier alpha value is -0.900. The van der Waals surface area contributed by atoms with Gasteiger partial charge in [0, 0.05) is 16.9 Å². The summed E-state index contributed by atoms with van der Waals surface area (Å²) in [6, 6.07) is 2.24. The Kier molecular flexibility index (Phi) is 4.29. The maximum atomic E-state index is 5.59. The van der Waals surface area contributed by atoms with Crippen molar-refractivity contribution in [3.63, 3.8) is 0 Å². The number of amidine groups is 1. The van der Waals surface area contributed by atoms with Crippen LogP contribution in [0, 0.1) is 13.8 Å². The van der Waals surface area contributed by atoms with Crippen molar-refractivity contribution in [1.82, 2.24) is 5.32 Å². The minimum Gasteiger partial charge on any atom is -0.466 e. The standard InChI is InChI=1S/C15H24N2OS/c1-6-15(7-2)9-19-14(17-15)16-11(4)13-8-10(3)18-12(13)5/h8,11H,6-7,9H2,1-5H3,(H,16,17). The summed E-state index contributed by atoms with van der Waals surface area (Å²) in [7, 11) is 0. The molecule has 1 saturated heterocycles. The van der Waals surface area contributed by atoms with Gasteiger partial charge in [-0.2, -0.15) is 0 Å². The van der Waals surface area contributed by atoms with Crippen molar-refractivity contribution in [2.24, 2.45) is 4.99 Å². The van der Waals surface area contributed by atoms with Gasteiger partial charge in [0.1, 0.15) is 11.5 Å². The zero-order chi connectivity index (χ0) is 14.0. The van der Waals surface area contributed by atoms with Crippen LogP contribution in [0.2, 0.25) is 0 Å². The van der Waals surface area contributed by atoms with Crippen LogP contribution in [-0.4, -0.2) is 16.5 Å². The third kappa shape index (κ3) is 2.99. The zero-order valence-electron chi connectivity index (χ0n) is 12.5. The first-order chi connectivity index (χ1) is 8.99. The number of aryl methyl sites for hydroxylation is 2. The molecule has 1 atom stereocenters. The van der Waals surface area contributed by atoms with Crippen LogP contribution in [0.25, 0.3) is 0 Å². The molecule has 2 rings (SSSR count). The van der Waals surface area contributed by atoms with Crippen molar-refractivity contribution >= 4 is 16.9 Å². The first kappa shape index (κ1) is 14.5. The van der Waals surface area contributed by atoms with Crippen molar-refractivity contribution in [1.29, 1.82) is 0 Å². The third-order valence-corrected chi connectivity index (χ3v) is 5.23. The molecule has 0 saturated carbocycles. The van der Waals surface area contributed by atoms with E-state index in [0.29, 0.717) is 0 Å². The smallest absolute Gasteiger partial charge is 0.157 e. The molecule has 106 valence electrons. The molecule has 0 aromatic carbocycles. The molecule has 1 fully saturated rings. The van der Waals surface area contributed by atoms with E-state index in [2.05, 4.69) is 32.2 Å². The summed E-state index contributed by atoms with van der Waals surface area (Å²) in [4.78, 5) is 4.82. The van der Waals surface area contributed by atoms with Crippen LogP contribution in [0.1, 0.15) is 56.7 Å². The van der Waals surface area contributed by atoms with E-state index in [9.17, 15) is 0 Å².